The molecule has 2 rings (SSSR count). The number of halogens is 4. The van der Waals surface area contributed by atoms with Crippen molar-refractivity contribution in [1.82, 2.24) is 0 Å². The number of benzene rings is 2. The van der Waals surface area contributed by atoms with E-state index in [1.165, 1.54) is 30.3 Å². The average molecular weight is 272 g/mol. The lowest BCUT2D eigenvalue weighted by molar-refractivity contribution is 0.584. The molecule has 0 fully saturated rings. The molecule has 18 heavy (non-hydrogen) atoms. The molecule has 1 N–H and O–H groups in total. The van der Waals surface area contributed by atoms with Crippen LogP contribution in [0.15, 0.2) is 36.4 Å². The molecule has 0 heterocycles. The fraction of sp³-hybridized carbons (Fsp3) is 0.0769. The summed E-state index contributed by atoms with van der Waals surface area (Å²) < 4.78 is 38.7. The van der Waals surface area contributed by atoms with Gasteiger partial charge >= 0.3 is 0 Å². The number of anilines is 1. The summed E-state index contributed by atoms with van der Waals surface area (Å²) in [4.78, 5) is 0. The van der Waals surface area contributed by atoms with Gasteiger partial charge in [-0.25, -0.2) is 13.2 Å². The molecule has 2 aromatic carbocycles. The Bertz CT molecular complexity index is 552. The highest BCUT2D eigenvalue weighted by molar-refractivity contribution is 6.31. The maximum atomic E-state index is 12.9. The smallest absolute Gasteiger partial charge is 0.128 e. The van der Waals surface area contributed by atoms with Crippen LogP contribution in [0.3, 0.4) is 0 Å². The van der Waals surface area contributed by atoms with E-state index in [1.54, 1.807) is 0 Å². The van der Waals surface area contributed by atoms with Gasteiger partial charge in [0.15, 0.2) is 0 Å². The molecule has 94 valence electrons. The third-order valence-electron chi connectivity index (χ3n) is 2.36. The van der Waals surface area contributed by atoms with Crippen molar-refractivity contribution in [2.45, 2.75) is 6.54 Å². The van der Waals surface area contributed by atoms with E-state index in [4.69, 9.17) is 11.6 Å². The van der Waals surface area contributed by atoms with Crippen molar-refractivity contribution < 1.29 is 13.2 Å². The SMILES string of the molecule is Fc1cc(F)cc(NCc2ccc(F)cc2Cl)c1. The Labute approximate surface area is 107 Å². The molecule has 0 aliphatic carbocycles. The summed E-state index contributed by atoms with van der Waals surface area (Å²) >= 11 is 5.83. The highest BCUT2D eigenvalue weighted by Crippen LogP contribution is 2.19. The van der Waals surface area contributed by atoms with E-state index in [0.717, 1.165) is 6.07 Å². The predicted molar refractivity (Wildman–Crippen MR) is 65.1 cm³/mol. The first kappa shape index (κ1) is 12.8. The standard InChI is InChI=1S/C13H9ClF3N/c14-13-6-9(15)2-1-8(13)7-18-12-4-10(16)3-11(17)5-12/h1-6,18H,7H2. The summed E-state index contributed by atoms with van der Waals surface area (Å²) in [6.07, 6.45) is 0. The Morgan fingerprint density at radius 2 is 1.56 bits per heavy atom. The second-order valence-electron chi connectivity index (χ2n) is 3.75. The molecule has 0 saturated carbocycles. The van der Waals surface area contributed by atoms with Gasteiger partial charge in [-0.3, -0.25) is 0 Å². The molecular formula is C13H9ClF3N. The van der Waals surface area contributed by atoms with Crippen LogP contribution in [0.2, 0.25) is 5.02 Å². The van der Waals surface area contributed by atoms with Gasteiger partial charge in [-0.15, -0.1) is 0 Å². The summed E-state index contributed by atoms with van der Waals surface area (Å²) in [6, 6.07) is 7.09. The zero-order valence-electron chi connectivity index (χ0n) is 9.18. The molecule has 1 nitrogen and oxygen atoms in total. The van der Waals surface area contributed by atoms with Crippen LogP contribution in [0.5, 0.6) is 0 Å². The average Bonchev–Trinajstić information content (AvgIpc) is 2.26. The Kier molecular flexibility index (Phi) is 3.77. The van der Waals surface area contributed by atoms with E-state index in [-0.39, 0.29) is 11.6 Å². The monoisotopic (exact) mass is 271 g/mol. The van der Waals surface area contributed by atoms with Crippen LogP contribution in [-0.4, -0.2) is 0 Å². The Balaban J connectivity index is 2.11. The molecule has 5 heteroatoms. The topological polar surface area (TPSA) is 12.0 Å². The number of rotatable bonds is 3. The fourth-order valence-electron chi connectivity index (χ4n) is 1.52. The van der Waals surface area contributed by atoms with Crippen molar-refractivity contribution in [3.8, 4) is 0 Å². The van der Waals surface area contributed by atoms with Gasteiger partial charge in [0.2, 0.25) is 0 Å². The maximum absolute atomic E-state index is 12.9. The first-order valence-corrected chi connectivity index (χ1v) is 5.56. The van der Waals surface area contributed by atoms with E-state index < -0.39 is 17.5 Å². The summed E-state index contributed by atoms with van der Waals surface area (Å²) in [6.45, 7) is 0.252. The fourth-order valence-corrected chi connectivity index (χ4v) is 1.75. The van der Waals surface area contributed by atoms with E-state index in [0.29, 0.717) is 11.3 Å². The Hall–Kier alpha value is -1.68. The molecule has 0 atom stereocenters. The minimum atomic E-state index is -0.664. The van der Waals surface area contributed by atoms with Crippen LogP contribution in [0.25, 0.3) is 0 Å². The summed E-state index contributed by atoms with van der Waals surface area (Å²) in [7, 11) is 0. The lowest BCUT2D eigenvalue weighted by Gasteiger charge is -2.08. The van der Waals surface area contributed by atoms with Crippen LogP contribution in [0.4, 0.5) is 18.9 Å². The van der Waals surface area contributed by atoms with Crippen LogP contribution < -0.4 is 5.32 Å². The predicted octanol–water partition coefficient (Wildman–Crippen LogP) is 4.37. The van der Waals surface area contributed by atoms with Crippen LogP contribution >= 0.6 is 11.6 Å². The zero-order valence-corrected chi connectivity index (χ0v) is 9.94. The lowest BCUT2D eigenvalue weighted by atomic mass is 10.2. The van der Waals surface area contributed by atoms with E-state index in [2.05, 4.69) is 5.32 Å². The molecule has 2 aromatic rings. The number of hydrogen-bond acceptors (Lipinski definition) is 1. The van der Waals surface area contributed by atoms with Crippen molar-refractivity contribution in [3.05, 3.63) is 64.4 Å². The van der Waals surface area contributed by atoms with Crippen LogP contribution in [0.1, 0.15) is 5.56 Å². The molecule has 0 aliphatic heterocycles. The molecule has 0 unspecified atom stereocenters. The maximum Gasteiger partial charge on any atom is 0.128 e. The van der Waals surface area contributed by atoms with Gasteiger partial charge in [-0.1, -0.05) is 17.7 Å². The largest absolute Gasteiger partial charge is 0.381 e. The van der Waals surface area contributed by atoms with E-state index in [9.17, 15) is 13.2 Å². The van der Waals surface area contributed by atoms with Crippen molar-refractivity contribution in [2.24, 2.45) is 0 Å². The first-order chi connectivity index (χ1) is 8.54. The zero-order chi connectivity index (χ0) is 13.1. The van der Waals surface area contributed by atoms with Gasteiger partial charge in [0.25, 0.3) is 0 Å². The van der Waals surface area contributed by atoms with Crippen molar-refractivity contribution in [1.29, 1.82) is 0 Å². The minimum absolute atomic E-state index is 0.252. The summed E-state index contributed by atoms with van der Waals surface area (Å²) in [5, 5.41) is 3.08. The van der Waals surface area contributed by atoms with Gasteiger partial charge in [-0.2, -0.15) is 0 Å². The van der Waals surface area contributed by atoms with Gasteiger partial charge in [0.1, 0.15) is 17.5 Å². The van der Waals surface area contributed by atoms with Gasteiger partial charge in [0, 0.05) is 23.3 Å². The Morgan fingerprint density at radius 3 is 2.17 bits per heavy atom. The quantitative estimate of drug-likeness (QED) is 0.874. The van der Waals surface area contributed by atoms with Crippen LogP contribution in [0, 0.1) is 17.5 Å². The molecule has 0 amide bonds. The molecular weight excluding hydrogens is 263 g/mol. The molecule has 0 saturated heterocycles. The summed E-state index contributed by atoms with van der Waals surface area (Å²) in [5.74, 6) is -1.76. The third-order valence-corrected chi connectivity index (χ3v) is 2.71. The lowest BCUT2D eigenvalue weighted by Crippen LogP contribution is -2.01. The molecule has 0 spiro atoms. The Morgan fingerprint density at radius 1 is 0.889 bits per heavy atom. The number of hydrogen-bond donors (Lipinski definition) is 1. The van der Waals surface area contributed by atoms with Gasteiger partial charge in [-0.05, 0) is 29.8 Å². The second-order valence-corrected chi connectivity index (χ2v) is 4.15. The van der Waals surface area contributed by atoms with Crippen molar-refractivity contribution in [3.63, 3.8) is 0 Å². The summed E-state index contributed by atoms with van der Waals surface area (Å²) in [5.41, 5.74) is 0.940. The first-order valence-electron chi connectivity index (χ1n) is 5.18. The minimum Gasteiger partial charge on any atom is -0.381 e. The molecule has 0 radical (unpaired) electrons. The van der Waals surface area contributed by atoms with E-state index >= 15 is 0 Å². The second kappa shape index (κ2) is 5.31. The normalized spacial score (nSPS) is 10.4. The molecule has 0 bridgehead atoms. The van der Waals surface area contributed by atoms with Crippen molar-refractivity contribution in [2.75, 3.05) is 5.32 Å². The molecule has 0 aromatic heterocycles. The van der Waals surface area contributed by atoms with Crippen molar-refractivity contribution >= 4 is 17.3 Å². The van der Waals surface area contributed by atoms with Crippen LogP contribution in [-0.2, 0) is 6.54 Å². The van der Waals surface area contributed by atoms with E-state index in [1.807, 2.05) is 0 Å². The number of nitrogens with one attached hydrogen (secondary N) is 1. The highest BCUT2D eigenvalue weighted by Gasteiger charge is 2.04. The highest BCUT2D eigenvalue weighted by atomic mass is 35.5. The van der Waals surface area contributed by atoms with Gasteiger partial charge < -0.3 is 5.32 Å². The molecule has 0 aliphatic rings. The van der Waals surface area contributed by atoms with Gasteiger partial charge in [0.05, 0.1) is 0 Å². The third kappa shape index (κ3) is 3.17.